The van der Waals surface area contributed by atoms with E-state index in [1.807, 2.05) is 32.0 Å². The van der Waals surface area contributed by atoms with Gasteiger partial charge in [0.05, 0.1) is 18.7 Å². The highest BCUT2D eigenvalue weighted by Gasteiger charge is 2.31. The van der Waals surface area contributed by atoms with Crippen LogP contribution in [-0.2, 0) is 11.2 Å². The summed E-state index contributed by atoms with van der Waals surface area (Å²) in [5.74, 6) is 0.101. The first-order valence-corrected chi connectivity index (χ1v) is 11.1. The van der Waals surface area contributed by atoms with Crippen molar-refractivity contribution in [3.63, 3.8) is 0 Å². The number of benzene rings is 2. The van der Waals surface area contributed by atoms with Gasteiger partial charge in [0.1, 0.15) is 5.75 Å². The molecule has 0 bridgehead atoms. The first-order valence-electron chi connectivity index (χ1n) is 10.3. The highest BCUT2D eigenvalue weighted by atomic mass is 32.1. The van der Waals surface area contributed by atoms with E-state index in [9.17, 15) is 9.59 Å². The summed E-state index contributed by atoms with van der Waals surface area (Å²) in [6, 6.07) is 12.9. The number of methoxy groups -OCH3 is 1. The van der Waals surface area contributed by atoms with Crippen molar-refractivity contribution in [1.29, 1.82) is 0 Å². The average molecular weight is 436 g/mol. The minimum atomic E-state index is -0.313. The number of carbonyl (C=O) groups is 2. The first-order chi connectivity index (χ1) is 14.9. The number of hydrogen-bond acceptors (Lipinski definition) is 5. The van der Waals surface area contributed by atoms with Crippen molar-refractivity contribution in [2.75, 3.05) is 17.7 Å². The molecular weight excluding hydrogens is 410 g/mol. The Morgan fingerprint density at radius 2 is 1.87 bits per heavy atom. The van der Waals surface area contributed by atoms with Gasteiger partial charge in [-0.25, -0.2) is 4.98 Å². The zero-order valence-electron chi connectivity index (χ0n) is 17.8. The fraction of sp³-hybridized carbons (Fsp3) is 0.292. The molecule has 1 atom stereocenters. The molecule has 1 aliphatic rings. The zero-order chi connectivity index (χ0) is 22.0. The second-order valence-electron chi connectivity index (χ2n) is 7.76. The molecule has 2 aromatic carbocycles. The summed E-state index contributed by atoms with van der Waals surface area (Å²) < 4.78 is 5.13. The molecule has 31 heavy (non-hydrogen) atoms. The summed E-state index contributed by atoms with van der Waals surface area (Å²) in [4.78, 5) is 31.4. The van der Waals surface area contributed by atoms with E-state index in [4.69, 9.17) is 4.74 Å². The van der Waals surface area contributed by atoms with Crippen LogP contribution in [0.1, 0.15) is 50.8 Å². The number of ether oxygens (including phenoxy) is 1. The Morgan fingerprint density at radius 1 is 1.10 bits per heavy atom. The lowest BCUT2D eigenvalue weighted by Gasteiger charge is -2.21. The van der Waals surface area contributed by atoms with Crippen molar-refractivity contribution in [2.24, 2.45) is 0 Å². The van der Waals surface area contributed by atoms with Crippen LogP contribution in [0.5, 0.6) is 5.75 Å². The van der Waals surface area contributed by atoms with Crippen LogP contribution in [0.2, 0.25) is 0 Å². The van der Waals surface area contributed by atoms with Crippen LogP contribution in [-0.4, -0.2) is 23.9 Å². The second-order valence-corrected chi connectivity index (χ2v) is 8.85. The number of amides is 2. The molecule has 1 aliphatic carbocycles. The molecule has 0 spiro atoms. The van der Waals surface area contributed by atoms with Gasteiger partial charge in [0.15, 0.2) is 5.13 Å². The Hall–Kier alpha value is -3.19. The monoisotopic (exact) mass is 435 g/mol. The molecule has 1 aromatic heterocycles. The first kappa shape index (κ1) is 21.1. The average Bonchev–Trinajstić information content (AvgIpc) is 3.18. The second kappa shape index (κ2) is 8.89. The van der Waals surface area contributed by atoms with Crippen LogP contribution < -0.4 is 15.4 Å². The Bertz CT molecular complexity index is 1120. The molecule has 0 radical (unpaired) electrons. The molecule has 160 valence electrons. The topological polar surface area (TPSA) is 80.3 Å². The standard InChI is InChI=1S/C24H25N3O3S/c1-14-7-8-15(2)19(13-14)25-23(29)18-5-4-6-20-21(18)26-24(31-20)27-22(28)16-9-11-17(30-3)12-10-16/h7-13,18H,4-6H2,1-3H3,(H,25,29)(H,26,27,28). The zero-order valence-corrected chi connectivity index (χ0v) is 18.6. The third-order valence-corrected chi connectivity index (χ3v) is 6.54. The van der Waals surface area contributed by atoms with Crippen LogP contribution in [0.4, 0.5) is 10.8 Å². The fourth-order valence-electron chi connectivity index (χ4n) is 3.73. The SMILES string of the molecule is COc1ccc(C(=O)Nc2nc3c(s2)CCCC3C(=O)Nc2cc(C)ccc2C)cc1. The van der Waals surface area contributed by atoms with Gasteiger partial charge in [-0.3, -0.25) is 14.9 Å². The van der Waals surface area contributed by atoms with Crippen molar-refractivity contribution in [3.05, 3.63) is 69.7 Å². The van der Waals surface area contributed by atoms with Gasteiger partial charge in [-0.15, -0.1) is 11.3 Å². The summed E-state index contributed by atoms with van der Waals surface area (Å²) in [5.41, 5.74) is 4.27. The van der Waals surface area contributed by atoms with Crippen LogP contribution >= 0.6 is 11.3 Å². The van der Waals surface area contributed by atoms with E-state index in [1.54, 1.807) is 31.4 Å². The van der Waals surface area contributed by atoms with E-state index >= 15 is 0 Å². The molecule has 0 saturated carbocycles. The number of anilines is 2. The van der Waals surface area contributed by atoms with E-state index in [2.05, 4.69) is 15.6 Å². The van der Waals surface area contributed by atoms with Gasteiger partial charge in [-0.05, 0) is 74.6 Å². The third kappa shape index (κ3) is 4.61. The van der Waals surface area contributed by atoms with Gasteiger partial charge in [0, 0.05) is 16.1 Å². The summed E-state index contributed by atoms with van der Waals surface area (Å²) in [5, 5.41) is 6.47. The number of aryl methyl sites for hydroxylation is 3. The summed E-state index contributed by atoms with van der Waals surface area (Å²) in [6.45, 7) is 3.99. The molecule has 1 heterocycles. The Kier molecular flexibility index (Phi) is 6.04. The number of nitrogens with zero attached hydrogens (tertiary/aromatic N) is 1. The van der Waals surface area contributed by atoms with Crippen molar-refractivity contribution in [3.8, 4) is 5.75 Å². The Labute approximate surface area is 185 Å². The number of hydrogen-bond donors (Lipinski definition) is 2. The molecule has 0 saturated heterocycles. The minimum Gasteiger partial charge on any atom is -0.497 e. The normalized spacial score (nSPS) is 15.1. The third-order valence-electron chi connectivity index (χ3n) is 5.49. The van der Waals surface area contributed by atoms with Gasteiger partial charge >= 0.3 is 0 Å². The lowest BCUT2D eigenvalue weighted by atomic mass is 9.90. The van der Waals surface area contributed by atoms with E-state index in [1.165, 1.54) is 11.3 Å². The molecule has 0 aliphatic heterocycles. The van der Waals surface area contributed by atoms with Gasteiger partial charge in [-0.2, -0.15) is 0 Å². The molecule has 0 fully saturated rings. The van der Waals surface area contributed by atoms with Crippen molar-refractivity contribution in [1.82, 2.24) is 4.98 Å². The highest BCUT2D eigenvalue weighted by molar-refractivity contribution is 7.16. The molecule has 1 unspecified atom stereocenters. The maximum absolute atomic E-state index is 13.1. The van der Waals surface area contributed by atoms with Crippen LogP contribution in [0.3, 0.4) is 0 Å². The number of rotatable bonds is 5. The maximum Gasteiger partial charge on any atom is 0.257 e. The summed E-state index contributed by atoms with van der Waals surface area (Å²) >= 11 is 1.45. The predicted octanol–water partition coefficient (Wildman–Crippen LogP) is 5.08. The number of carbonyl (C=O) groups excluding carboxylic acids is 2. The molecule has 3 aromatic rings. The summed E-state index contributed by atoms with van der Waals surface area (Å²) in [7, 11) is 1.59. The van der Waals surface area contributed by atoms with Gasteiger partial charge in [-0.1, -0.05) is 12.1 Å². The van der Waals surface area contributed by atoms with E-state index in [0.29, 0.717) is 16.4 Å². The fourth-order valence-corrected chi connectivity index (χ4v) is 4.79. The van der Waals surface area contributed by atoms with Gasteiger partial charge in [0.2, 0.25) is 5.91 Å². The lowest BCUT2D eigenvalue weighted by molar-refractivity contribution is -0.117. The Balaban J connectivity index is 1.50. The lowest BCUT2D eigenvalue weighted by Crippen LogP contribution is -2.25. The number of fused-ring (bicyclic) bond motifs is 1. The van der Waals surface area contributed by atoms with E-state index in [0.717, 1.165) is 46.6 Å². The molecule has 6 nitrogen and oxygen atoms in total. The van der Waals surface area contributed by atoms with Crippen molar-refractivity contribution in [2.45, 2.75) is 39.0 Å². The number of aromatic nitrogens is 1. The molecule has 2 amide bonds. The van der Waals surface area contributed by atoms with Crippen LogP contribution in [0, 0.1) is 13.8 Å². The maximum atomic E-state index is 13.1. The summed E-state index contributed by atoms with van der Waals surface area (Å²) in [6.07, 6.45) is 2.55. The van der Waals surface area contributed by atoms with E-state index < -0.39 is 0 Å². The minimum absolute atomic E-state index is 0.0482. The largest absolute Gasteiger partial charge is 0.497 e. The molecule has 7 heteroatoms. The molecular formula is C24H25N3O3S. The molecule has 2 N–H and O–H groups in total. The highest BCUT2D eigenvalue weighted by Crippen LogP contribution is 2.37. The van der Waals surface area contributed by atoms with Crippen LogP contribution in [0.25, 0.3) is 0 Å². The van der Waals surface area contributed by atoms with Gasteiger partial charge in [0.25, 0.3) is 5.91 Å². The molecule has 4 rings (SSSR count). The number of thiazole rings is 1. The van der Waals surface area contributed by atoms with Gasteiger partial charge < -0.3 is 10.1 Å². The van der Waals surface area contributed by atoms with Crippen LogP contribution in [0.15, 0.2) is 42.5 Å². The predicted molar refractivity (Wildman–Crippen MR) is 123 cm³/mol. The number of nitrogens with one attached hydrogen (secondary N) is 2. The smallest absolute Gasteiger partial charge is 0.257 e. The quantitative estimate of drug-likeness (QED) is 0.586. The van der Waals surface area contributed by atoms with E-state index in [-0.39, 0.29) is 17.7 Å². The van der Waals surface area contributed by atoms with Crippen molar-refractivity contribution >= 4 is 34.0 Å². The van der Waals surface area contributed by atoms with Crippen molar-refractivity contribution < 1.29 is 14.3 Å². The Morgan fingerprint density at radius 3 is 2.61 bits per heavy atom.